The molecule has 0 N–H and O–H groups in total. The van der Waals surface area contributed by atoms with E-state index in [4.69, 9.17) is 37.9 Å². The van der Waals surface area contributed by atoms with Gasteiger partial charge in [-0.25, -0.2) is 14.4 Å². The van der Waals surface area contributed by atoms with Crippen molar-refractivity contribution in [1.29, 1.82) is 0 Å². The number of hydrogen-bond acceptors (Lipinski definition) is 15. The molecular weight excluding hydrogens is 993 g/mol. The average molecular weight is 1060 g/mol. The van der Waals surface area contributed by atoms with Gasteiger partial charge in [-0.2, -0.15) is 0 Å². The van der Waals surface area contributed by atoms with E-state index in [9.17, 15) is 24.0 Å². The van der Waals surface area contributed by atoms with Gasteiger partial charge >= 0.3 is 23.9 Å². The van der Waals surface area contributed by atoms with Gasteiger partial charge in [-0.1, -0.05) is 80.7 Å². The van der Waals surface area contributed by atoms with Gasteiger partial charge in [0.1, 0.15) is 26.4 Å². The van der Waals surface area contributed by atoms with Crippen molar-refractivity contribution in [3.63, 3.8) is 0 Å². The van der Waals surface area contributed by atoms with Crippen LogP contribution in [0.4, 0.5) is 34.1 Å². The molecule has 0 radical (unpaired) electrons. The summed E-state index contributed by atoms with van der Waals surface area (Å²) in [4.78, 5) is 61.9. The van der Waals surface area contributed by atoms with Crippen LogP contribution in [0.25, 0.3) is 11.1 Å². The van der Waals surface area contributed by atoms with E-state index in [1.54, 1.807) is 13.8 Å². The van der Waals surface area contributed by atoms with Crippen LogP contribution >= 0.6 is 0 Å². The van der Waals surface area contributed by atoms with Crippen molar-refractivity contribution in [2.45, 2.75) is 67.5 Å². The fraction of sp³-hybridized carbons (Fsp3) is 0.286. The third-order valence-corrected chi connectivity index (χ3v) is 12.2. The van der Waals surface area contributed by atoms with Gasteiger partial charge in [0.15, 0.2) is 0 Å². The second kappa shape index (κ2) is 30.5. The summed E-state index contributed by atoms with van der Waals surface area (Å²) >= 11 is 0. The number of ketones is 1. The second-order valence-corrected chi connectivity index (χ2v) is 18.1. The van der Waals surface area contributed by atoms with Crippen LogP contribution in [0.3, 0.4) is 0 Å². The number of hydrogen-bond donors (Lipinski definition) is 0. The molecule has 15 heteroatoms. The van der Waals surface area contributed by atoms with Gasteiger partial charge < -0.3 is 47.7 Å². The smallest absolute Gasteiger partial charge is 0.374 e. The van der Waals surface area contributed by atoms with E-state index >= 15 is 0 Å². The number of esters is 4. The van der Waals surface area contributed by atoms with E-state index in [1.807, 2.05) is 55.5 Å². The summed E-state index contributed by atoms with van der Waals surface area (Å²) in [5.41, 5.74) is 13.9. The predicted octanol–water partition coefficient (Wildman–Crippen LogP) is 11.9. The summed E-state index contributed by atoms with van der Waals surface area (Å²) in [6, 6.07) is 45.5. The molecule has 15 nitrogen and oxygen atoms in total. The number of nitrogens with zero attached hydrogens (tertiary/aromatic N) is 2. The summed E-state index contributed by atoms with van der Waals surface area (Å²) in [5.74, 6) is -2.74. The van der Waals surface area contributed by atoms with Crippen molar-refractivity contribution < 1.29 is 61.9 Å². The molecule has 0 fully saturated rings. The third-order valence-electron chi connectivity index (χ3n) is 12.2. The minimum absolute atomic E-state index is 0.0209. The van der Waals surface area contributed by atoms with Gasteiger partial charge in [-0.05, 0) is 138 Å². The first-order valence-electron chi connectivity index (χ1n) is 25.7. The van der Waals surface area contributed by atoms with E-state index in [0.29, 0.717) is 45.0 Å². The summed E-state index contributed by atoms with van der Waals surface area (Å²) < 4.78 is 43.5. The van der Waals surface area contributed by atoms with Crippen LogP contribution in [0, 0.1) is 13.8 Å². The molecule has 0 spiro atoms. The van der Waals surface area contributed by atoms with E-state index in [0.717, 1.165) is 84.7 Å². The highest BCUT2D eigenvalue weighted by molar-refractivity contribution is 6.32. The lowest BCUT2D eigenvalue weighted by Crippen LogP contribution is -2.17. The van der Waals surface area contributed by atoms with Crippen LogP contribution in [-0.2, 0) is 88.3 Å². The molecule has 78 heavy (non-hydrogen) atoms. The Morgan fingerprint density at radius 2 is 0.808 bits per heavy atom. The zero-order valence-corrected chi connectivity index (χ0v) is 45.1. The summed E-state index contributed by atoms with van der Waals surface area (Å²) in [6.45, 7) is 18.4. The Morgan fingerprint density at radius 3 is 1.18 bits per heavy atom. The minimum atomic E-state index is -0.885. The number of ether oxygens (including phenoxy) is 8. The largest absolute Gasteiger partial charge is 0.463 e. The van der Waals surface area contributed by atoms with Gasteiger partial charge in [0.25, 0.3) is 0 Å². The standard InChI is InChI=1S/C63H68N2O13/c1-8-60(67)75-34-30-71-40-48-10-20-54(21-11-48)64(58-28-18-52(45(5)38-58)42-73-31-35-76-61(68)9-2)56-24-14-50(15-25-56)51-16-26-57(27-17-51)65(55-22-12-49(13-23-55)41-72-32-36-77-62(69)44(3)4)59-29-19-53(46(6)39-59)43-74-33-37-78-63(70)47(7)66/h8,10-29,38-39H,1,3,9,30-37,40-43H2,2,4-7H3. The van der Waals surface area contributed by atoms with Gasteiger partial charge in [0, 0.05) is 59.1 Å². The Hall–Kier alpha value is -8.21. The van der Waals surface area contributed by atoms with Crippen molar-refractivity contribution in [3.05, 3.63) is 192 Å². The van der Waals surface area contributed by atoms with E-state index < -0.39 is 23.7 Å². The van der Waals surface area contributed by atoms with Gasteiger partial charge in [0.05, 0.1) is 52.9 Å². The molecule has 0 aromatic heterocycles. The highest BCUT2D eigenvalue weighted by Crippen LogP contribution is 2.39. The van der Waals surface area contributed by atoms with Crippen molar-refractivity contribution in [1.82, 2.24) is 0 Å². The van der Waals surface area contributed by atoms with Crippen LogP contribution in [0.15, 0.2) is 158 Å². The van der Waals surface area contributed by atoms with E-state index in [1.165, 1.54) is 6.92 Å². The first-order chi connectivity index (χ1) is 37.7. The fourth-order valence-electron chi connectivity index (χ4n) is 7.88. The zero-order chi connectivity index (χ0) is 55.8. The monoisotopic (exact) mass is 1060 g/mol. The highest BCUT2D eigenvalue weighted by atomic mass is 16.6. The van der Waals surface area contributed by atoms with Crippen LogP contribution < -0.4 is 9.80 Å². The molecule has 0 amide bonds. The molecule has 0 atom stereocenters. The molecule has 0 aliphatic heterocycles. The number of benzene rings is 6. The molecule has 0 saturated carbocycles. The number of Topliss-reactive ketones (excluding diaryl/α,β-unsaturated/α-hetero) is 1. The quantitative estimate of drug-likeness (QED) is 0.0133. The lowest BCUT2D eigenvalue weighted by atomic mass is 10.0. The van der Waals surface area contributed by atoms with Crippen LogP contribution in [-0.4, -0.2) is 82.5 Å². The minimum Gasteiger partial charge on any atom is -0.463 e. The summed E-state index contributed by atoms with van der Waals surface area (Å²) in [6.07, 6.45) is 1.44. The molecule has 0 aliphatic rings. The lowest BCUT2D eigenvalue weighted by Gasteiger charge is -2.27. The maximum atomic E-state index is 11.8. The molecule has 6 aromatic rings. The van der Waals surface area contributed by atoms with Crippen LogP contribution in [0.2, 0.25) is 0 Å². The van der Waals surface area contributed by atoms with Crippen molar-refractivity contribution in [2.75, 3.05) is 62.7 Å². The van der Waals surface area contributed by atoms with Crippen molar-refractivity contribution in [2.24, 2.45) is 0 Å². The highest BCUT2D eigenvalue weighted by Gasteiger charge is 2.18. The third kappa shape index (κ3) is 18.0. The normalized spacial score (nSPS) is 10.8. The molecule has 408 valence electrons. The molecule has 0 aliphatic carbocycles. The lowest BCUT2D eigenvalue weighted by molar-refractivity contribution is -0.154. The maximum Gasteiger partial charge on any atom is 0.374 e. The molecule has 0 heterocycles. The fourth-order valence-corrected chi connectivity index (χ4v) is 7.88. The topological polar surface area (TPSA) is 166 Å². The SMILES string of the molecule is C=CC(=O)OCCOCc1ccc(N(c2ccc(-c3ccc(N(c4ccc(COCCOC(=O)C(=C)C)cc4)c4ccc(COCCOC(=O)C(C)=O)c(C)c4)cc3)cc2)c2ccc(COCCOC(=O)CC)c(C)c2)cc1. The van der Waals surface area contributed by atoms with Gasteiger partial charge in [-0.15, -0.1) is 0 Å². The van der Waals surface area contributed by atoms with Crippen LogP contribution in [0.5, 0.6) is 0 Å². The maximum absolute atomic E-state index is 11.8. The number of carbonyl (C=O) groups is 5. The van der Waals surface area contributed by atoms with Gasteiger partial charge in [-0.3, -0.25) is 9.59 Å². The number of anilines is 6. The molecule has 0 bridgehead atoms. The molecule has 0 saturated heterocycles. The first kappa shape index (κ1) is 59.0. The molecule has 0 unspecified atom stereocenters. The Morgan fingerprint density at radius 1 is 0.449 bits per heavy atom. The number of rotatable bonds is 31. The molecule has 6 aromatic carbocycles. The molecule has 6 rings (SSSR count). The Bertz CT molecular complexity index is 2970. The van der Waals surface area contributed by atoms with Crippen molar-refractivity contribution >= 4 is 63.8 Å². The van der Waals surface area contributed by atoms with Gasteiger partial charge in [0.2, 0.25) is 5.78 Å². The predicted molar refractivity (Wildman–Crippen MR) is 299 cm³/mol. The Labute approximate surface area is 456 Å². The zero-order valence-electron chi connectivity index (χ0n) is 45.1. The number of aryl methyl sites for hydroxylation is 2. The summed E-state index contributed by atoms with van der Waals surface area (Å²) in [7, 11) is 0. The summed E-state index contributed by atoms with van der Waals surface area (Å²) in [5, 5.41) is 0. The first-order valence-corrected chi connectivity index (χ1v) is 25.7. The van der Waals surface area contributed by atoms with E-state index in [-0.39, 0.29) is 52.2 Å². The Balaban J connectivity index is 1.23. The number of carbonyl (C=O) groups excluding carboxylic acids is 5. The van der Waals surface area contributed by atoms with E-state index in [2.05, 4.69) is 115 Å². The van der Waals surface area contributed by atoms with Crippen LogP contribution in [0.1, 0.15) is 60.6 Å². The molecular formula is C63H68N2O13. The van der Waals surface area contributed by atoms with Crippen molar-refractivity contribution in [3.8, 4) is 11.1 Å². The Kier molecular flexibility index (Phi) is 23.1. The second-order valence-electron chi connectivity index (χ2n) is 18.1. The average Bonchev–Trinajstić information content (AvgIpc) is 3.45.